The molecule has 2 fully saturated rings. The van der Waals surface area contributed by atoms with Crippen molar-refractivity contribution >= 4 is 19.9 Å². The van der Waals surface area contributed by atoms with Gasteiger partial charge in [-0.2, -0.15) is 13.2 Å². The van der Waals surface area contributed by atoms with Gasteiger partial charge in [0.1, 0.15) is 10.6 Å². The molecule has 3 aliphatic rings. The molecule has 0 aromatic heterocycles. The molecule has 2 heterocycles. The van der Waals surface area contributed by atoms with Crippen LogP contribution in [0.5, 0.6) is 5.75 Å². The van der Waals surface area contributed by atoms with E-state index >= 15 is 4.39 Å². The summed E-state index contributed by atoms with van der Waals surface area (Å²) in [6, 6.07) is 3.85. The van der Waals surface area contributed by atoms with Gasteiger partial charge in [0.05, 0.1) is 27.9 Å². The molecule has 2 aromatic rings. The van der Waals surface area contributed by atoms with Gasteiger partial charge in [-0.25, -0.2) is 30.3 Å². The second-order valence-electron chi connectivity index (χ2n) is 9.58. The predicted octanol–water partition coefficient (Wildman–Crippen LogP) is 4.15. The fourth-order valence-corrected chi connectivity index (χ4v) is 9.84. The minimum atomic E-state index is -4.70. The van der Waals surface area contributed by atoms with Gasteiger partial charge in [0.2, 0.25) is 10.0 Å². The average molecular weight is 552 g/mol. The lowest BCUT2D eigenvalue weighted by Gasteiger charge is -2.54. The molecule has 196 valence electrons. The lowest BCUT2D eigenvalue weighted by atomic mass is 9.64. The van der Waals surface area contributed by atoms with Crippen molar-refractivity contribution in [1.29, 1.82) is 0 Å². The van der Waals surface area contributed by atoms with Crippen LogP contribution >= 0.6 is 0 Å². The first-order chi connectivity index (χ1) is 16.7. The molecule has 1 aliphatic carbocycles. The van der Waals surface area contributed by atoms with E-state index in [9.17, 15) is 34.4 Å². The molecule has 5 rings (SSSR count). The van der Waals surface area contributed by atoms with Crippen LogP contribution in [0.15, 0.2) is 41.3 Å². The number of hydrogen-bond donors (Lipinski definition) is 1. The number of sulfonamides is 1. The highest BCUT2D eigenvalue weighted by molar-refractivity contribution is 7.92. The van der Waals surface area contributed by atoms with Crippen molar-refractivity contribution in [3.8, 4) is 5.75 Å². The minimum Gasteiger partial charge on any atom is -0.490 e. The van der Waals surface area contributed by atoms with Gasteiger partial charge in [-0.1, -0.05) is 0 Å². The van der Waals surface area contributed by atoms with Gasteiger partial charge in [0.15, 0.2) is 21.4 Å². The number of nitrogens with one attached hydrogen (secondary N) is 1. The topological polar surface area (TPSA) is 89.5 Å². The van der Waals surface area contributed by atoms with E-state index in [2.05, 4.69) is 4.72 Å². The van der Waals surface area contributed by atoms with Crippen LogP contribution in [0.25, 0.3) is 0 Å². The summed E-state index contributed by atoms with van der Waals surface area (Å²) < 4.78 is 129. The smallest absolute Gasteiger partial charge is 0.416 e. The summed E-state index contributed by atoms with van der Waals surface area (Å²) in [5, 5.41) is -0.873. The van der Waals surface area contributed by atoms with Crippen molar-refractivity contribution in [3.05, 3.63) is 59.2 Å². The van der Waals surface area contributed by atoms with Crippen LogP contribution in [0.2, 0.25) is 0 Å². The Kier molecular flexibility index (Phi) is 5.73. The van der Waals surface area contributed by atoms with E-state index < -0.39 is 87.3 Å². The standard InChI is InChI=1S/C23H22F5NO5S2/c1-12-10-15-16-11-34-21-18(25)7-6-17(24)20(21)22(16,9-8-19(15)29-36(12,32)33)35(30,31)14-4-2-13(3-5-14)23(26,27)28/h2-7,12,15-16,19,29H,8-11H2,1H3/t12-,15+,16+,19-,22+/m0/s1. The van der Waals surface area contributed by atoms with Gasteiger partial charge < -0.3 is 4.74 Å². The molecule has 6 nitrogen and oxygen atoms in total. The zero-order valence-corrected chi connectivity index (χ0v) is 20.5. The molecule has 0 amide bonds. The highest BCUT2D eigenvalue weighted by atomic mass is 32.2. The van der Waals surface area contributed by atoms with E-state index in [1.54, 1.807) is 0 Å². The van der Waals surface area contributed by atoms with Gasteiger partial charge in [-0.3, -0.25) is 0 Å². The van der Waals surface area contributed by atoms with Crippen molar-refractivity contribution in [1.82, 2.24) is 4.72 Å². The van der Waals surface area contributed by atoms with Gasteiger partial charge in [-0.15, -0.1) is 0 Å². The van der Waals surface area contributed by atoms with Crippen LogP contribution in [0.1, 0.15) is 37.3 Å². The molecule has 1 saturated heterocycles. The molecule has 5 atom stereocenters. The summed E-state index contributed by atoms with van der Waals surface area (Å²) in [6.45, 7) is 1.14. The second kappa shape index (κ2) is 8.12. The molecule has 0 unspecified atom stereocenters. The summed E-state index contributed by atoms with van der Waals surface area (Å²) in [5.74, 6) is -4.12. The van der Waals surface area contributed by atoms with E-state index in [1.165, 1.54) is 6.92 Å². The molecule has 0 radical (unpaired) electrons. The summed E-state index contributed by atoms with van der Waals surface area (Å²) in [6.07, 6.45) is -4.92. The Morgan fingerprint density at radius 3 is 2.33 bits per heavy atom. The quantitative estimate of drug-likeness (QED) is 0.567. The number of rotatable bonds is 2. The molecule has 0 spiro atoms. The lowest BCUT2D eigenvalue weighted by Crippen LogP contribution is -2.63. The lowest BCUT2D eigenvalue weighted by molar-refractivity contribution is -0.137. The van der Waals surface area contributed by atoms with E-state index in [1.807, 2.05) is 0 Å². The molecule has 1 saturated carbocycles. The Hall–Kier alpha value is -2.25. The maximum atomic E-state index is 15.4. The summed E-state index contributed by atoms with van der Waals surface area (Å²) in [4.78, 5) is -0.472. The van der Waals surface area contributed by atoms with Crippen molar-refractivity contribution in [2.24, 2.45) is 11.8 Å². The molecule has 13 heteroatoms. The van der Waals surface area contributed by atoms with E-state index in [4.69, 9.17) is 4.74 Å². The fraction of sp³-hybridized carbons (Fsp3) is 0.478. The Morgan fingerprint density at radius 2 is 1.69 bits per heavy atom. The van der Waals surface area contributed by atoms with Gasteiger partial charge in [0, 0.05) is 12.0 Å². The monoisotopic (exact) mass is 551 g/mol. The van der Waals surface area contributed by atoms with Crippen LogP contribution in [0, 0.1) is 23.5 Å². The highest BCUT2D eigenvalue weighted by Gasteiger charge is 2.64. The number of sulfone groups is 1. The highest BCUT2D eigenvalue weighted by Crippen LogP contribution is 2.59. The van der Waals surface area contributed by atoms with Crippen LogP contribution in [0.4, 0.5) is 22.0 Å². The summed E-state index contributed by atoms with van der Waals surface area (Å²) >= 11 is 0. The maximum Gasteiger partial charge on any atom is 0.416 e. The Morgan fingerprint density at radius 1 is 1.06 bits per heavy atom. The second-order valence-corrected chi connectivity index (χ2v) is 13.9. The average Bonchev–Trinajstić information content (AvgIpc) is 2.81. The number of fused-ring (bicyclic) bond motifs is 5. The van der Waals surface area contributed by atoms with Crippen LogP contribution < -0.4 is 9.46 Å². The SMILES string of the molecule is C[C@H]1C[C@H]2[C@H](CC[C@]3(S(=O)(=O)c4ccc(C(F)(F)F)cc4)c4c(F)ccc(F)c4OC[C@H]23)NS1(=O)=O. The first-order valence-electron chi connectivity index (χ1n) is 11.2. The van der Waals surface area contributed by atoms with E-state index in [0.717, 1.165) is 24.3 Å². The van der Waals surface area contributed by atoms with Crippen molar-refractivity contribution in [2.75, 3.05) is 6.61 Å². The van der Waals surface area contributed by atoms with Crippen molar-refractivity contribution in [2.45, 2.75) is 53.3 Å². The first-order valence-corrected chi connectivity index (χ1v) is 14.3. The van der Waals surface area contributed by atoms with Crippen LogP contribution in [-0.2, 0) is 30.8 Å². The molecule has 1 N–H and O–H groups in total. The third-order valence-corrected chi connectivity index (χ3v) is 12.2. The number of alkyl halides is 3. The normalized spacial score (nSPS) is 31.5. The summed E-state index contributed by atoms with van der Waals surface area (Å²) in [7, 11) is -8.28. The van der Waals surface area contributed by atoms with Gasteiger partial charge >= 0.3 is 6.18 Å². The van der Waals surface area contributed by atoms with Crippen molar-refractivity contribution < 1.29 is 43.5 Å². The fourth-order valence-electron chi connectivity index (χ4n) is 6.02. The van der Waals surface area contributed by atoms with Crippen molar-refractivity contribution in [3.63, 3.8) is 0 Å². The molecule has 2 aliphatic heterocycles. The molecule has 2 aromatic carbocycles. The predicted molar refractivity (Wildman–Crippen MR) is 118 cm³/mol. The number of halogens is 5. The zero-order valence-electron chi connectivity index (χ0n) is 18.8. The van der Waals surface area contributed by atoms with Gasteiger partial charge in [0.25, 0.3) is 0 Å². The summed E-state index contributed by atoms with van der Waals surface area (Å²) in [5.41, 5.74) is -1.56. The molecule has 0 bridgehead atoms. The maximum absolute atomic E-state index is 15.4. The third-order valence-electron chi connectivity index (χ3n) is 7.77. The molecule has 36 heavy (non-hydrogen) atoms. The van der Waals surface area contributed by atoms with Gasteiger partial charge in [-0.05, 0) is 68.5 Å². The first kappa shape index (κ1) is 25.4. The Bertz CT molecular complexity index is 1430. The molecular weight excluding hydrogens is 529 g/mol. The van der Waals surface area contributed by atoms with E-state index in [0.29, 0.717) is 12.1 Å². The minimum absolute atomic E-state index is 0.00236. The zero-order chi connectivity index (χ0) is 26.3. The number of hydrogen-bond acceptors (Lipinski definition) is 5. The third kappa shape index (κ3) is 3.57. The van der Waals surface area contributed by atoms with Crippen LogP contribution in [-0.4, -0.2) is 34.7 Å². The van der Waals surface area contributed by atoms with E-state index in [-0.39, 0.29) is 25.9 Å². The molecular formula is C23H22F5NO5S2. The number of benzene rings is 2. The van der Waals surface area contributed by atoms with Crippen LogP contribution in [0.3, 0.4) is 0 Å². The Labute approximate surface area is 204 Å². The Balaban J connectivity index is 1.73. The largest absolute Gasteiger partial charge is 0.490 e. The number of ether oxygens (including phenoxy) is 1.